The summed E-state index contributed by atoms with van der Waals surface area (Å²) in [6.07, 6.45) is 2.45. The molecule has 0 atom stereocenters. The molecule has 2 aromatic carbocycles. The normalized spacial score (nSPS) is 10.7. The highest BCUT2D eigenvalue weighted by molar-refractivity contribution is 5.98. The number of fused-ring (bicyclic) bond motifs is 1. The van der Waals surface area contributed by atoms with E-state index in [1.165, 1.54) is 12.1 Å². The predicted octanol–water partition coefficient (Wildman–Crippen LogP) is 3.28. The smallest absolute Gasteiger partial charge is 0.251 e. The zero-order valence-corrected chi connectivity index (χ0v) is 11.4. The fraction of sp³-hybridized carbons (Fsp3) is 0.118. The molecule has 0 fully saturated rings. The van der Waals surface area contributed by atoms with Crippen molar-refractivity contribution < 1.29 is 9.18 Å². The second-order valence-electron chi connectivity index (χ2n) is 4.92. The first-order chi connectivity index (χ1) is 10.2. The molecule has 1 aromatic heterocycles. The summed E-state index contributed by atoms with van der Waals surface area (Å²) >= 11 is 0. The number of amides is 1. The Labute approximate surface area is 121 Å². The molecular weight excluding hydrogens is 267 g/mol. The number of aromatic amines is 1. The molecule has 2 N–H and O–H groups in total. The van der Waals surface area contributed by atoms with E-state index in [9.17, 15) is 9.18 Å². The van der Waals surface area contributed by atoms with Gasteiger partial charge >= 0.3 is 0 Å². The van der Waals surface area contributed by atoms with Crippen molar-refractivity contribution in [2.24, 2.45) is 0 Å². The molecule has 0 saturated carbocycles. The van der Waals surface area contributed by atoms with E-state index in [-0.39, 0.29) is 11.7 Å². The van der Waals surface area contributed by atoms with Gasteiger partial charge in [0.05, 0.1) is 0 Å². The van der Waals surface area contributed by atoms with Crippen LogP contribution in [0.3, 0.4) is 0 Å². The number of benzene rings is 2. The minimum Gasteiger partial charge on any atom is -0.361 e. The summed E-state index contributed by atoms with van der Waals surface area (Å²) < 4.78 is 13.0. The summed E-state index contributed by atoms with van der Waals surface area (Å²) in [5.41, 5.74) is 2.50. The highest BCUT2D eigenvalue weighted by atomic mass is 19.1. The minimum atomic E-state index is -0.253. The van der Waals surface area contributed by atoms with E-state index in [0.29, 0.717) is 18.5 Å². The maximum Gasteiger partial charge on any atom is 0.251 e. The van der Waals surface area contributed by atoms with Gasteiger partial charge in [-0.3, -0.25) is 4.79 Å². The topological polar surface area (TPSA) is 44.9 Å². The lowest BCUT2D eigenvalue weighted by molar-refractivity contribution is 0.0954. The summed E-state index contributed by atoms with van der Waals surface area (Å²) in [5, 5.41) is 3.86. The molecule has 0 aliphatic rings. The molecule has 0 unspecified atom stereocenters. The molecule has 0 spiro atoms. The van der Waals surface area contributed by atoms with Gasteiger partial charge in [-0.1, -0.05) is 12.1 Å². The maximum atomic E-state index is 13.0. The third-order valence-electron chi connectivity index (χ3n) is 3.40. The fourth-order valence-corrected chi connectivity index (χ4v) is 2.31. The predicted molar refractivity (Wildman–Crippen MR) is 80.7 cm³/mol. The van der Waals surface area contributed by atoms with Gasteiger partial charge in [-0.15, -0.1) is 0 Å². The summed E-state index contributed by atoms with van der Waals surface area (Å²) in [5.74, 6) is -0.369. The van der Waals surface area contributed by atoms with E-state index in [1.807, 2.05) is 30.5 Å². The summed E-state index contributed by atoms with van der Waals surface area (Å²) in [7, 11) is 0. The number of rotatable bonds is 4. The first kappa shape index (κ1) is 13.4. The third kappa shape index (κ3) is 3.11. The summed E-state index contributed by atoms with van der Waals surface area (Å²) in [6, 6.07) is 13.9. The van der Waals surface area contributed by atoms with Gasteiger partial charge in [0.15, 0.2) is 0 Å². The van der Waals surface area contributed by atoms with Crippen molar-refractivity contribution in [1.82, 2.24) is 10.3 Å². The quantitative estimate of drug-likeness (QED) is 0.758. The average Bonchev–Trinajstić information content (AvgIpc) is 2.94. The fourth-order valence-electron chi connectivity index (χ4n) is 2.31. The van der Waals surface area contributed by atoms with Crippen LogP contribution in [0, 0.1) is 5.82 Å². The first-order valence-corrected chi connectivity index (χ1v) is 6.82. The minimum absolute atomic E-state index is 0.116. The molecule has 106 valence electrons. The van der Waals surface area contributed by atoms with Gasteiger partial charge in [0, 0.05) is 29.2 Å². The summed E-state index contributed by atoms with van der Waals surface area (Å²) in [4.78, 5) is 15.2. The molecule has 3 rings (SSSR count). The lowest BCUT2D eigenvalue weighted by Crippen LogP contribution is -2.25. The molecule has 21 heavy (non-hydrogen) atoms. The maximum absolute atomic E-state index is 13.0. The lowest BCUT2D eigenvalue weighted by Gasteiger charge is -2.06. The molecule has 0 saturated heterocycles. The highest BCUT2D eigenvalue weighted by Crippen LogP contribution is 2.14. The number of aromatic nitrogens is 1. The van der Waals surface area contributed by atoms with E-state index in [2.05, 4.69) is 10.3 Å². The summed E-state index contributed by atoms with van der Waals surface area (Å²) in [6.45, 7) is 0.480. The molecule has 0 aliphatic carbocycles. The number of halogens is 1. The number of carbonyl (C=O) groups is 1. The largest absolute Gasteiger partial charge is 0.361 e. The first-order valence-electron chi connectivity index (χ1n) is 6.82. The number of hydrogen-bond donors (Lipinski definition) is 2. The average molecular weight is 282 g/mol. The Morgan fingerprint density at radius 3 is 2.90 bits per heavy atom. The molecule has 3 aromatic rings. The molecular formula is C17H15FN2O. The Balaban J connectivity index is 1.61. The zero-order chi connectivity index (χ0) is 14.7. The molecule has 4 heteroatoms. The van der Waals surface area contributed by atoms with Crippen LogP contribution in [0.2, 0.25) is 0 Å². The second kappa shape index (κ2) is 5.79. The van der Waals surface area contributed by atoms with Crippen molar-refractivity contribution in [1.29, 1.82) is 0 Å². The van der Waals surface area contributed by atoms with Gasteiger partial charge in [-0.25, -0.2) is 4.39 Å². The van der Waals surface area contributed by atoms with Crippen LogP contribution >= 0.6 is 0 Å². The van der Waals surface area contributed by atoms with Crippen molar-refractivity contribution in [3.05, 3.63) is 71.7 Å². The Bertz CT molecular complexity index is 779. The van der Waals surface area contributed by atoms with Crippen molar-refractivity contribution in [3.63, 3.8) is 0 Å². The van der Waals surface area contributed by atoms with Crippen molar-refractivity contribution in [2.45, 2.75) is 6.42 Å². The second-order valence-corrected chi connectivity index (χ2v) is 4.92. The molecule has 1 heterocycles. The number of nitrogens with one attached hydrogen (secondary N) is 2. The Hall–Kier alpha value is -2.62. The van der Waals surface area contributed by atoms with Crippen molar-refractivity contribution in [3.8, 4) is 0 Å². The van der Waals surface area contributed by atoms with Crippen LogP contribution in [0.25, 0.3) is 10.9 Å². The zero-order valence-electron chi connectivity index (χ0n) is 11.4. The van der Waals surface area contributed by atoms with E-state index in [0.717, 1.165) is 16.5 Å². The number of hydrogen-bond acceptors (Lipinski definition) is 1. The Morgan fingerprint density at radius 2 is 2.05 bits per heavy atom. The van der Waals surface area contributed by atoms with Crippen LogP contribution < -0.4 is 5.32 Å². The van der Waals surface area contributed by atoms with Gasteiger partial charge in [0.25, 0.3) is 5.91 Å². The van der Waals surface area contributed by atoms with E-state index < -0.39 is 0 Å². The van der Waals surface area contributed by atoms with Gasteiger partial charge < -0.3 is 10.3 Å². The van der Waals surface area contributed by atoms with Gasteiger partial charge in [-0.2, -0.15) is 0 Å². The van der Waals surface area contributed by atoms with Crippen molar-refractivity contribution >= 4 is 16.8 Å². The third-order valence-corrected chi connectivity index (χ3v) is 3.40. The number of carbonyl (C=O) groups excluding carboxylic acids is 1. The van der Waals surface area contributed by atoms with Gasteiger partial charge in [0.1, 0.15) is 5.82 Å². The lowest BCUT2D eigenvalue weighted by atomic mass is 10.1. The molecule has 3 nitrogen and oxygen atoms in total. The van der Waals surface area contributed by atoms with Crippen molar-refractivity contribution in [2.75, 3.05) is 6.54 Å². The van der Waals surface area contributed by atoms with Crippen LogP contribution in [0.1, 0.15) is 15.9 Å². The molecule has 0 bridgehead atoms. The SMILES string of the molecule is O=C(NCCc1cccc(F)c1)c1ccc2[nH]ccc2c1. The highest BCUT2D eigenvalue weighted by Gasteiger charge is 2.06. The van der Waals surface area contributed by atoms with Crippen LogP contribution in [0.15, 0.2) is 54.7 Å². The standard InChI is InChI=1S/C17H15FN2O/c18-15-3-1-2-12(10-15)6-8-20-17(21)14-4-5-16-13(11-14)7-9-19-16/h1-5,7,9-11,19H,6,8H2,(H,20,21). The Kier molecular flexibility index (Phi) is 3.69. The van der Waals surface area contributed by atoms with Crippen LogP contribution in [0.5, 0.6) is 0 Å². The van der Waals surface area contributed by atoms with Gasteiger partial charge in [-0.05, 0) is 48.4 Å². The number of H-pyrrole nitrogens is 1. The van der Waals surface area contributed by atoms with E-state index in [4.69, 9.17) is 0 Å². The Morgan fingerprint density at radius 1 is 1.14 bits per heavy atom. The van der Waals surface area contributed by atoms with E-state index >= 15 is 0 Å². The molecule has 0 aliphatic heterocycles. The van der Waals surface area contributed by atoms with Crippen LogP contribution in [0.4, 0.5) is 4.39 Å². The van der Waals surface area contributed by atoms with E-state index in [1.54, 1.807) is 12.1 Å². The monoisotopic (exact) mass is 282 g/mol. The van der Waals surface area contributed by atoms with Gasteiger partial charge in [0.2, 0.25) is 0 Å². The van der Waals surface area contributed by atoms with Crippen LogP contribution in [-0.2, 0) is 6.42 Å². The molecule has 1 amide bonds. The van der Waals surface area contributed by atoms with Crippen LogP contribution in [-0.4, -0.2) is 17.4 Å². The molecule has 0 radical (unpaired) electrons.